The number of hydrogen-bond acceptors (Lipinski definition) is 5. The Labute approximate surface area is 180 Å². The lowest BCUT2D eigenvalue weighted by atomic mass is 9.75. The molecule has 6 heteroatoms. The van der Waals surface area contributed by atoms with Gasteiger partial charge in [0.05, 0.1) is 24.3 Å². The molecule has 2 heterocycles. The summed E-state index contributed by atoms with van der Waals surface area (Å²) in [5.74, 6) is 0.764. The van der Waals surface area contributed by atoms with Crippen molar-refractivity contribution in [1.29, 1.82) is 0 Å². The predicted molar refractivity (Wildman–Crippen MR) is 118 cm³/mol. The molecule has 0 N–H and O–H groups in total. The first-order valence-corrected chi connectivity index (χ1v) is 11.1. The number of aryl methyl sites for hydroxylation is 2. The molecule has 0 radical (unpaired) electrons. The predicted octanol–water partition coefficient (Wildman–Crippen LogP) is 4.13. The molecule has 1 fully saturated rings. The minimum absolute atomic E-state index is 0.0764. The summed E-state index contributed by atoms with van der Waals surface area (Å²) in [5.41, 5.74) is 3.20. The van der Waals surface area contributed by atoms with E-state index >= 15 is 0 Å². The number of ether oxygens (including phenoxy) is 2. The van der Waals surface area contributed by atoms with E-state index in [1.807, 2.05) is 37.3 Å². The third-order valence-electron chi connectivity index (χ3n) is 6.33. The average molecular weight is 414 g/mol. The molecule has 6 nitrogen and oxygen atoms in total. The summed E-state index contributed by atoms with van der Waals surface area (Å²) in [5, 5.41) is 4.64. The number of nitrogens with zero attached hydrogens (tertiary/aromatic N) is 3. The van der Waals surface area contributed by atoms with Gasteiger partial charge in [-0.1, -0.05) is 18.2 Å². The van der Waals surface area contributed by atoms with Crippen molar-refractivity contribution in [3.05, 3.63) is 47.3 Å². The Morgan fingerprint density at radius 2 is 1.83 bits per heavy atom. The van der Waals surface area contributed by atoms with Crippen molar-refractivity contribution in [3.63, 3.8) is 0 Å². The molecule has 2 aromatic rings. The van der Waals surface area contributed by atoms with E-state index < -0.39 is 5.41 Å². The van der Waals surface area contributed by atoms with Gasteiger partial charge in [-0.2, -0.15) is 5.10 Å². The summed E-state index contributed by atoms with van der Waals surface area (Å²) in [7, 11) is 0. The molecule has 0 aliphatic carbocycles. The van der Waals surface area contributed by atoms with Gasteiger partial charge < -0.3 is 9.47 Å². The molecule has 1 aliphatic heterocycles. The Balaban J connectivity index is 1.62. The Kier molecular flexibility index (Phi) is 7.53. The molecule has 0 bridgehead atoms. The van der Waals surface area contributed by atoms with Crippen LogP contribution in [0.5, 0.6) is 5.75 Å². The van der Waals surface area contributed by atoms with Gasteiger partial charge in [0.1, 0.15) is 5.75 Å². The highest BCUT2D eigenvalue weighted by atomic mass is 16.5. The fraction of sp³-hybridized carbons (Fsp3) is 0.583. The zero-order chi connectivity index (χ0) is 21.6. The SMILES string of the molecule is CCOC(=O)C1(CCOc2ccccc2)CCN(Cc2c(C)nn(CC)c2C)CC1. The van der Waals surface area contributed by atoms with Crippen LogP contribution in [-0.2, 0) is 22.6 Å². The number of carbonyl (C=O) groups excluding carboxylic acids is 1. The highest BCUT2D eigenvalue weighted by molar-refractivity contribution is 5.77. The maximum atomic E-state index is 12.9. The third kappa shape index (κ3) is 5.04. The normalized spacial score (nSPS) is 16.4. The second-order valence-electron chi connectivity index (χ2n) is 8.15. The van der Waals surface area contributed by atoms with Crippen LogP contribution in [0.3, 0.4) is 0 Å². The number of esters is 1. The second kappa shape index (κ2) is 10.1. The zero-order valence-corrected chi connectivity index (χ0v) is 18.8. The van der Waals surface area contributed by atoms with E-state index in [1.165, 1.54) is 11.3 Å². The van der Waals surface area contributed by atoms with Crippen LogP contribution in [0.2, 0.25) is 0 Å². The lowest BCUT2D eigenvalue weighted by Crippen LogP contribution is -2.45. The highest BCUT2D eigenvalue weighted by Crippen LogP contribution is 2.37. The molecule has 0 saturated carbocycles. The van der Waals surface area contributed by atoms with Gasteiger partial charge in [-0.3, -0.25) is 14.4 Å². The van der Waals surface area contributed by atoms with Crippen LogP contribution in [0.15, 0.2) is 30.3 Å². The fourth-order valence-electron chi connectivity index (χ4n) is 4.35. The van der Waals surface area contributed by atoms with Gasteiger partial charge in [-0.25, -0.2) is 0 Å². The number of piperidine rings is 1. The Hall–Kier alpha value is -2.34. The van der Waals surface area contributed by atoms with Crippen LogP contribution >= 0.6 is 0 Å². The van der Waals surface area contributed by atoms with Crippen LogP contribution < -0.4 is 4.74 Å². The van der Waals surface area contributed by atoms with Crippen molar-refractivity contribution in [3.8, 4) is 5.75 Å². The fourth-order valence-corrected chi connectivity index (χ4v) is 4.35. The average Bonchev–Trinajstić information content (AvgIpc) is 3.03. The minimum Gasteiger partial charge on any atom is -0.494 e. The van der Waals surface area contributed by atoms with E-state index in [4.69, 9.17) is 9.47 Å². The van der Waals surface area contributed by atoms with Crippen LogP contribution in [0, 0.1) is 19.3 Å². The topological polar surface area (TPSA) is 56.6 Å². The molecule has 0 unspecified atom stereocenters. The number of benzene rings is 1. The summed E-state index contributed by atoms with van der Waals surface area (Å²) in [6.07, 6.45) is 2.27. The van der Waals surface area contributed by atoms with Gasteiger partial charge in [0.15, 0.2) is 0 Å². The standard InChI is InChI=1S/C24H35N3O3/c1-5-27-20(4)22(19(3)25-27)18-26-15-12-24(13-16-26,23(28)29-6-2)14-17-30-21-10-8-7-9-11-21/h7-11H,5-6,12-18H2,1-4H3. The molecular weight excluding hydrogens is 378 g/mol. The summed E-state index contributed by atoms with van der Waals surface area (Å²) in [6.45, 7) is 12.7. The van der Waals surface area contributed by atoms with Gasteiger partial charge in [0, 0.05) is 24.3 Å². The van der Waals surface area contributed by atoms with Crippen molar-refractivity contribution in [2.24, 2.45) is 5.41 Å². The van der Waals surface area contributed by atoms with Crippen molar-refractivity contribution in [2.75, 3.05) is 26.3 Å². The van der Waals surface area contributed by atoms with Gasteiger partial charge in [0.2, 0.25) is 0 Å². The molecule has 30 heavy (non-hydrogen) atoms. The first-order chi connectivity index (χ1) is 14.5. The zero-order valence-electron chi connectivity index (χ0n) is 18.8. The molecule has 0 spiro atoms. The Morgan fingerprint density at radius 1 is 1.13 bits per heavy atom. The van der Waals surface area contributed by atoms with E-state index in [0.717, 1.165) is 50.5 Å². The molecule has 1 saturated heterocycles. The summed E-state index contributed by atoms with van der Waals surface area (Å²) in [6, 6.07) is 9.77. The largest absolute Gasteiger partial charge is 0.494 e. The van der Waals surface area contributed by atoms with Crippen LogP contribution in [0.1, 0.15) is 50.1 Å². The quantitative estimate of drug-likeness (QED) is 0.579. The number of rotatable bonds is 9. The van der Waals surface area contributed by atoms with Crippen LogP contribution in [0.25, 0.3) is 0 Å². The minimum atomic E-state index is -0.459. The molecule has 1 aliphatic rings. The molecule has 164 valence electrons. The Bertz CT molecular complexity index is 824. The molecular formula is C24H35N3O3. The van der Waals surface area contributed by atoms with Crippen LogP contribution in [0.4, 0.5) is 0 Å². The number of para-hydroxylation sites is 1. The van der Waals surface area contributed by atoms with Gasteiger partial charge >= 0.3 is 5.97 Å². The lowest BCUT2D eigenvalue weighted by Gasteiger charge is -2.40. The number of hydrogen-bond donors (Lipinski definition) is 0. The maximum Gasteiger partial charge on any atom is 0.312 e. The summed E-state index contributed by atoms with van der Waals surface area (Å²) >= 11 is 0. The van der Waals surface area contributed by atoms with Crippen molar-refractivity contribution >= 4 is 5.97 Å². The number of likely N-dealkylation sites (tertiary alicyclic amines) is 1. The summed E-state index contributed by atoms with van der Waals surface area (Å²) in [4.78, 5) is 15.3. The number of carbonyl (C=O) groups is 1. The van der Waals surface area contributed by atoms with Gasteiger partial charge in [-0.05, 0) is 72.2 Å². The second-order valence-corrected chi connectivity index (χ2v) is 8.15. The van der Waals surface area contributed by atoms with Crippen molar-refractivity contribution in [2.45, 2.75) is 60.0 Å². The summed E-state index contributed by atoms with van der Waals surface area (Å²) < 4.78 is 13.4. The Morgan fingerprint density at radius 3 is 2.43 bits per heavy atom. The van der Waals surface area contributed by atoms with Crippen molar-refractivity contribution < 1.29 is 14.3 Å². The van der Waals surface area contributed by atoms with Crippen molar-refractivity contribution in [1.82, 2.24) is 14.7 Å². The maximum absolute atomic E-state index is 12.9. The lowest BCUT2D eigenvalue weighted by molar-refractivity contribution is -0.159. The third-order valence-corrected chi connectivity index (χ3v) is 6.33. The van der Waals surface area contributed by atoms with E-state index in [-0.39, 0.29) is 5.97 Å². The van der Waals surface area contributed by atoms with E-state index in [0.29, 0.717) is 19.6 Å². The molecule has 1 aromatic heterocycles. The van der Waals surface area contributed by atoms with E-state index in [1.54, 1.807) is 0 Å². The first kappa shape index (κ1) is 22.3. The molecule has 1 aromatic carbocycles. The van der Waals surface area contributed by atoms with E-state index in [2.05, 4.69) is 35.5 Å². The van der Waals surface area contributed by atoms with Crippen LogP contribution in [-0.4, -0.2) is 47.0 Å². The van der Waals surface area contributed by atoms with E-state index in [9.17, 15) is 4.79 Å². The number of aromatic nitrogens is 2. The molecule has 0 amide bonds. The molecule has 3 rings (SSSR count). The highest BCUT2D eigenvalue weighted by Gasteiger charge is 2.42. The smallest absolute Gasteiger partial charge is 0.312 e. The van der Waals surface area contributed by atoms with Gasteiger partial charge in [0.25, 0.3) is 0 Å². The first-order valence-electron chi connectivity index (χ1n) is 11.1. The molecule has 0 atom stereocenters. The monoisotopic (exact) mass is 413 g/mol. The van der Waals surface area contributed by atoms with Gasteiger partial charge in [-0.15, -0.1) is 0 Å².